The van der Waals surface area contributed by atoms with Gasteiger partial charge in [0.1, 0.15) is 0 Å². The lowest BCUT2D eigenvalue weighted by molar-refractivity contribution is 0.472. The van der Waals surface area contributed by atoms with Gasteiger partial charge in [-0.15, -0.1) is 6.42 Å². The Hall–Kier alpha value is -0.780. The Balaban J connectivity index is 2.79. The van der Waals surface area contributed by atoms with Crippen LogP contribution in [0.25, 0.3) is 0 Å². The number of hydrogen-bond donors (Lipinski definition) is 1. The summed E-state index contributed by atoms with van der Waals surface area (Å²) in [7, 11) is 0. The van der Waals surface area contributed by atoms with Crippen molar-refractivity contribution in [3.63, 3.8) is 0 Å². The maximum absolute atomic E-state index is 5.47. The van der Waals surface area contributed by atoms with Crippen LogP contribution in [0.4, 0.5) is 0 Å². The molecular formula is C14H18BrN. The molecule has 0 saturated heterocycles. The lowest BCUT2D eigenvalue weighted by atomic mass is 10.0. The minimum Gasteiger partial charge on any atom is -0.297 e. The lowest BCUT2D eigenvalue weighted by Crippen LogP contribution is -2.30. The van der Waals surface area contributed by atoms with Gasteiger partial charge in [-0.25, -0.2) is 0 Å². The van der Waals surface area contributed by atoms with E-state index in [9.17, 15) is 0 Å². The van der Waals surface area contributed by atoms with Gasteiger partial charge in [-0.2, -0.15) is 0 Å². The summed E-state index contributed by atoms with van der Waals surface area (Å²) in [6.45, 7) is 4.27. The summed E-state index contributed by atoms with van der Waals surface area (Å²) in [5.41, 5.74) is 1.28. The van der Waals surface area contributed by atoms with Gasteiger partial charge in [0.25, 0.3) is 0 Å². The highest BCUT2D eigenvalue weighted by molar-refractivity contribution is 9.10. The first-order chi connectivity index (χ1) is 7.71. The Kier molecular flexibility index (Phi) is 5.59. The van der Waals surface area contributed by atoms with E-state index in [1.807, 2.05) is 6.07 Å². The fraction of sp³-hybridized carbons (Fsp3) is 0.429. The van der Waals surface area contributed by atoms with Gasteiger partial charge >= 0.3 is 0 Å². The lowest BCUT2D eigenvalue weighted by Gasteiger charge is -2.21. The van der Waals surface area contributed by atoms with E-state index >= 15 is 0 Å². The van der Waals surface area contributed by atoms with Crippen molar-refractivity contribution in [1.82, 2.24) is 5.32 Å². The first-order valence-corrected chi connectivity index (χ1v) is 6.48. The topological polar surface area (TPSA) is 12.0 Å². The van der Waals surface area contributed by atoms with Crippen molar-refractivity contribution in [1.29, 1.82) is 0 Å². The maximum Gasteiger partial charge on any atom is 0.0689 e. The van der Waals surface area contributed by atoms with Crippen LogP contribution in [0.3, 0.4) is 0 Å². The molecule has 0 amide bonds. The predicted molar refractivity (Wildman–Crippen MR) is 73.2 cm³/mol. The van der Waals surface area contributed by atoms with E-state index < -0.39 is 0 Å². The van der Waals surface area contributed by atoms with Crippen molar-refractivity contribution in [2.24, 2.45) is 0 Å². The minimum atomic E-state index is 0.156. The molecule has 1 aromatic rings. The van der Waals surface area contributed by atoms with Crippen LogP contribution in [0.5, 0.6) is 0 Å². The highest BCUT2D eigenvalue weighted by atomic mass is 79.9. The second-order valence-corrected chi connectivity index (χ2v) is 4.73. The van der Waals surface area contributed by atoms with Crippen LogP contribution in [-0.4, -0.2) is 6.04 Å². The molecule has 1 nitrogen and oxygen atoms in total. The van der Waals surface area contributed by atoms with Crippen LogP contribution >= 0.6 is 15.9 Å². The molecular weight excluding hydrogens is 262 g/mol. The monoisotopic (exact) mass is 279 g/mol. The molecule has 0 bridgehead atoms. The SMILES string of the molecule is C#CC(CC)NC(CC)c1cccc(Br)c1. The second-order valence-electron chi connectivity index (χ2n) is 3.81. The molecule has 0 aliphatic heterocycles. The molecule has 0 heterocycles. The van der Waals surface area contributed by atoms with Crippen LogP contribution in [0.2, 0.25) is 0 Å². The molecule has 0 aliphatic carbocycles. The Morgan fingerprint density at radius 2 is 2.12 bits per heavy atom. The molecule has 2 atom stereocenters. The fourth-order valence-corrected chi connectivity index (χ4v) is 2.12. The summed E-state index contributed by atoms with van der Waals surface area (Å²) in [6, 6.07) is 8.86. The number of rotatable bonds is 5. The predicted octanol–water partition coefficient (Wildman–Crippen LogP) is 3.90. The normalized spacial score (nSPS) is 14.1. The van der Waals surface area contributed by atoms with Gasteiger partial charge in [0.15, 0.2) is 0 Å². The van der Waals surface area contributed by atoms with E-state index in [1.54, 1.807) is 0 Å². The van der Waals surface area contributed by atoms with Crippen molar-refractivity contribution >= 4 is 15.9 Å². The van der Waals surface area contributed by atoms with Crippen LogP contribution in [-0.2, 0) is 0 Å². The zero-order valence-electron chi connectivity index (χ0n) is 9.83. The number of hydrogen-bond acceptors (Lipinski definition) is 1. The van der Waals surface area contributed by atoms with Crippen LogP contribution in [0.1, 0.15) is 38.3 Å². The third-order valence-electron chi connectivity index (χ3n) is 2.67. The molecule has 16 heavy (non-hydrogen) atoms. The zero-order chi connectivity index (χ0) is 12.0. The Morgan fingerprint density at radius 1 is 1.38 bits per heavy atom. The standard InChI is InChI=1S/C14H18BrN/c1-4-13(5-2)16-14(6-3)11-8-7-9-12(15)10-11/h1,7-10,13-14,16H,5-6H2,2-3H3. The van der Waals surface area contributed by atoms with Crippen molar-refractivity contribution in [2.75, 3.05) is 0 Å². The van der Waals surface area contributed by atoms with Gasteiger partial charge < -0.3 is 0 Å². The van der Waals surface area contributed by atoms with Gasteiger partial charge in [-0.05, 0) is 30.5 Å². The summed E-state index contributed by atoms with van der Waals surface area (Å²) in [5.74, 6) is 2.78. The molecule has 1 aromatic carbocycles. The largest absolute Gasteiger partial charge is 0.297 e. The van der Waals surface area contributed by atoms with E-state index in [0.717, 1.165) is 17.3 Å². The number of benzene rings is 1. The fourth-order valence-electron chi connectivity index (χ4n) is 1.70. The van der Waals surface area contributed by atoms with Crippen molar-refractivity contribution < 1.29 is 0 Å². The molecule has 2 heteroatoms. The van der Waals surface area contributed by atoms with Gasteiger partial charge in [0.05, 0.1) is 6.04 Å². The molecule has 0 aliphatic rings. The van der Waals surface area contributed by atoms with Gasteiger partial charge in [0, 0.05) is 10.5 Å². The molecule has 0 spiro atoms. The van der Waals surface area contributed by atoms with E-state index in [-0.39, 0.29) is 6.04 Å². The van der Waals surface area contributed by atoms with E-state index in [4.69, 9.17) is 6.42 Å². The zero-order valence-corrected chi connectivity index (χ0v) is 11.4. The maximum atomic E-state index is 5.47. The van der Waals surface area contributed by atoms with Crippen molar-refractivity contribution in [2.45, 2.75) is 38.8 Å². The van der Waals surface area contributed by atoms with E-state index in [0.29, 0.717) is 6.04 Å². The molecule has 1 rings (SSSR count). The molecule has 86 valence electrons. The second kappa shape index (κ2) is 6.73. The van der Waals surface area contributed by atoms with Gasteiger partial charge in [0.2, 0.25) is 0 Å². The Labute approximate surface area is 107 Å². The summed E-state index contributed by atoms with van der Waals surface area (Å²) >= 11 is 3.49. The summed E-state index contributed by atoms with van der Waals surface area (Å²) in [6.07, 6.45) is 7.47. The highest BCUT2D eigenvalue weighted by Crippen LogP contribution is 2.21. The number of terminal acetylenes is 1. The first kappa shape index (κ1) is 13.3. The molecule has 1 N–H and O–H groups in total. The number of halogens is 1. The van der Waals surface area contributed by atoms with Crippen LogP contribution in [0, 0.1) is 12.3 Å². The molecule has 0 radical (unpaired) electrons. The third kappa shape index (κ3) is 3.66. The quantitative estimate of drug-likeness (QED) is 0.806. The summed E-state index contributed by atoms with van der Waals surface area (Å²) < 4.78 is 1.11. The smallest absolute Gasteiger partial charge is 0.0689 e. The molecule has 0 aromatic heterocycles. The third-order valence-corrected chi connectivity index (χ3v) is 3.16. The van der Waals surface area contributed by atoms with E-state index in [2.05, 4.69) is 59.2 Å². The van der Waals surface area contributed by atoms with E-state index in [1.165, 1.54) is 5.56 Å². The van der Waals surface area contributed by atoms with Crippen molar-refractivity contribution in [3.8, 4) is 12.3 Å². The van der Waals surface area contributed by atoms with Gasteiger partial charge in [-0.3, -0.25) is 5.32 Å². The Bertz CT molecular complexity index is 367. The molecule has 2 unspecified atom stereocenters. The van der Waals surface area contributed by atoms with Crippen molar-refractivity contribution in [3.05, 3.63) is 34.3 Å². The average Bonchev–Trinajstić information content (AvgIpc) is 2.31. The minimum absolute atomic E-state index is 0.156. The summed E-state index contributed by atoms with van der Waals surface area (Å²) in [4.78, 5) is 0. The van der Waals surface area contributed by atoms with Crippen LogP contribution in [0.15, 0.2) is 28.7 Å². The Morgan fingerprint density at radius 3 is 2.62 bits per heavy atom. The average molecular weight is 280 g/mol. The summed E-state index contributed by atoms with van der Waals surface area (Å²) in [5, 5.41) is 3.49. The molecule has 0 fully saturated rings. The van der Waals surface area contributed by atoms with Crippen LogP contribution < -0.4 is 5.32 Å². The number of nitrogens with one attached hydrogen (secondary N) is 1. The first-order valence-electron chi connectivity index (χ1n) is 5.68. The highest BCUT2D eigenvalue weighted by Gasteiger charge is 2.12. The molecule has 0 saturated carbocycles. The van der Waals surface area contributed by atoms with Gasteiger partial charge in [-0.1, -0.05) is 47.8 Å².